The minimum atomic E-state index is -0.636. The van der Waals surface area contributed by atoms with Gasteiger partial charge < -0.3 is 19.0 Å². The van der Waals surface area contributed by atoms with E-state index in [0.717, 1.165) is 33.9 Å². The number of aromatic nitrogens is 2. The Morgan fingerprint density at radius 3 is 2.60 bits per heavy atom. The topological polar surface area (TPSA) is 72.9 Å². The average molecular weight is 476 g/mol. The number of aryl methyl sites for hydroxylation is 2. The van der Waals surface area contributed by atoms with Crippen molar-refractivity contribution in [3.63, 3.8) is 0 Å². The molecule has 4 aromatic rings. The molecule has 0 aliphatic heterocycles. The van der Waals surface area contributed by atoms with Crippen molar-refractivity contribution in [1.29, 1.82) is 0 Å². The highest BCUT2D eigenvalue weighted by Gasteiger charge is 2.24. The third kappa shape index (κ3) is 6.60. The Hall–Kier alpha value is -3.39. The molecule has 0 aliphatic rings. The van der Waals surface area contributed by atoms with E-state index in [0.29, 0.717) is 32.1 Å². The molecule has 0 aliphatic carbocycles. The Kier molecular flexibility index (Phi) is 8.36. The highest BCUT2D eigenvalue weighted by atomic mass is 16.5. The molecular weight excluding hydrogens is 442 g/mol. The fraction of sp³-hybridized carbons (Fsp3) is 0.321. The molecule has 0 saturated heterocycles. The van der Waals surface area contributed by atoms with Gasteiger partial charge in [-0.1, -0.05) is 42.5 Å². The number of nitrogens with zero attached hydrogens (tertiary/aromatic N) is 3. The van der Waals surface area contributed by atoms with Gasteiger partial charge in [0.05, 0.1) is 31.1 Å². The second kappa shape index (κ2) is 11.8. The smallest absolute Gasteiger partial charge is 0.222 e. The maximum Gasteiger partial charge on any atom is 0.222 e. The molecule has 0 saturated carbocycles. The molecule has 2 aromatic heterocycles. The van der Waals surface area contributed by atoms with E-state index in [4.69, 9.17) is 19.0 Å². The van der Waals surface area contributed by atoms with E-state index in [2.05, 4.69) is 4.90 Å². The Morgan fingerprint density at radius 1 is 1.06 bits per heavy atom. The maximum atomic E-state index is 10.6. The van der Waals surface area contributed by atoms with Gasteiger partial charge in [0.15, 0.2) is 0 Å². The third-order valence-electron chi connectivity index (χ3n) is 5.66. The summed E-state index contributed by atoms with van der Waals surface area (Å²) in [5.74, 6) is 2.24. The number of rotatable bonds is 12. The summed E-state index contributed by atoms with van der Waals surface area (Å²) >= 11 is 0. The van der Waals surface area contributed by atoms with Gasteiger partial charge in [0.2, 0.25) is 5.88 Å². The Balaban J connectivity index is 1.70. The zero-order chi connectivity index (χ0) is 24.6. The minimum Gasteiger partial charge on any atom is -0.468 e. The van der Waals surface area contributed by atoms with Crippen LogP contribution in [0, 0.1) is 6.92 Å². The SMILES string of the molecule is CCOCC(O)CN(Cc1ccco1)Cc1c(-c2ccccc2)nn(C)c1Oc1cccc(C)c1. The van der Waals surface area contributed by atoms with Crippen molar-refractivity contribution in [2.45, 2.75) is 33.0 Å². The van der Waals surface area contributed by atoms with Gasteiger partial charge in [-0.05, 0) is 43.7 Å². The molecule has 7 nitrogen and oxygen atoms in total. The lowest BCUT2D eigenvalue weighted by Gasteiger charge is -2.24. The van der Waals surface area contributed by atoms with Crippen LogP contribution in [-0.4, -0.2) is 45.6 Å². The second-order valence-electron chi connectivity index (χ2n) is 8.60. The average Bonchev–Trinajstić information content (AvgIpc) is 3.47. The van der Waals surface area contributed by atoms with Crippen LogP contribution in [0.5, 0.6) is 11.6 Å². The predicted octanol–water partition coefficient (Wildman–Crippen LogP) is 5.18. The summed E-state index contributed by atoms with van der Waals surface area (Å²) in [5.41, 5.74) is 3.91. The van der Waals surface area contributed by atoms with Crippen molar-refractivity contribution in [1.82, 2.24) is 14.7 Å². The number of ether oxygens (including phenoxy) is 2. The zero-order valence-electron chi connectivity index (χ0n) is 20.6. The number of hydrogen-bond acceptors (Lipinski definition) is 6. The first-order valence-electron chi connectivity index (χ1n) is 11.9. The van der Waals surface area contributed by atoms with Gasteiger partial charge >= 0.3 is 0 Å². The minimum absolute atomic E-state index is 0.274. The molecule has 7 heteroatoms. The molecule has 0 spiro atoms. The maximum absolute atomic E-state index is 10.6. The highest BCUT2D eigenvalue weighted by Crippen LogP contribution is 2.34. The lowest BCUT2D eigenvalue weighted by molar-refractivity contribution is 0.0167. The second-order valence-corrected chi connectivity index (χ2v) is 8.60. The number of benzene rings is 2. The third-order valence-corrected chi connectivity index (χ3v) is 5.66. The molecule has 184 valence electrons. The molecule has 1 unspecified atom stereocenters. The quantitative estimate of drug-likeness (QED) is 0.304. The van der Waals surface area contributed by atoms with Gasteiger partial charge in [0.1, 0.15) is 17.2 Å². The van der Waals surface area contributed by atoms with Gasteiger partial charge in [-0.15, -0.1) is 0 Å². The van der Waals surface area contributed by atoms with Crippen LogP contribution in [0.2, 0.25) is 0 Å². The molecular formula is C28H33N3O4. The van der Waals surface area contributed by atoms with Crippen LogP contribution in [0.25, 0.3) is 11.3 Å². The van der Waals surface area contributed by atoms with Crippen LogP contribution in [0.4, 0.5) is 0 Å². The van der Waals surface area contributed by atoms with E-state index in [1.54, 1.807) is 10.9 Å². The zero-order valence-corrected chi connectivity index (χ0v) is 20.6. The first-order chi connectivity index (χ1) is 17.0. The van der Waals surface area contributed by atoms with E-state index >= 15 is 0 Å². The Morgan fingerprint density at radius 2 is 1.89 bits per heavy atom. The molecule has 2 aromatic carbocycles. The molecule has 1 N–H and O–H groups in total. The van der Waals surface area contributed by atoms with Crippen molar-refractivity contribution < 1.29 is 19.0 Å². The summed E-state index contributed by atoms with van der Waals surface area (Å²) in [4.78, 5) is 2.13. The first kappa shape index (κ1) is 24.7. The van der Waals surface area contributed by atoms with Crippen LogP contribution < -0.4 is 4.74 Å². The predicted molar refractivity (Wildman–Crippen MR) is 135 cm³/mol. The number of aliphatic hydroxyl groups is 1. The standard InChI is InChI=1S/C28H33N3O4/c1-4-33-20-23(32)17-31(18-25-14-9-15-34-25)19-26-27(22-11-6-5-7-12-22)29-30(3)28(26)35-24-13-8-10-21(2)16-24/h5-16,23,32H,4,17-20H2,1-3H3. The largest absolute Gasteiger partial charge is 0.468 e. The van der Waals surface area contributed by atoms with E-state index in [1.807, 2.05) is 87.6 Å². The van der Waals surface area contributed by atoms with Crippen molar-refractivity contribution in [2.24, 2.45) is 7.05 Å². The molecule has 0 radical (unpaired) electrons. The molecule has 2 heterocycles. The van der Waals surface area contributed by atoms with E-state index < -0.39 is 6.10 Å². The first-order valence-corrected chi connectivity index (χ1v) is 11.9. The van der Waals surface area contributed by atoms with Gasteiger partial charge in [-0.25, -0.2) is 4.68 Å². The lowest BCUT2D eigenvalue weighted by Crippen LogP contribution is -2.34. The van der Waals surface area contributed by atoms with Crippen molar-refractivity contribution in [3.05, 3.63) is 89.9 Å². The van der Waals surface area contributed by atoms with Gasteiger partial charge in [-0.2, -0.15) is 5.10 Å². The molecule has 4 rings (SSSR count). The monoisotopic (exact) mass is 475 g/mol. The van der Waals surface area contributed by atoms with E-state index in [9.17, 15) is 5.11 Å². The van der Waals surface area contributed by atoms with Crippen LogP contribution in [0.15, 0.2) is 77.4 Å². The molecule has 1 atom stereocenters. The molecule has 0 amide bonds. The molecule has 35 heavy (non-hydrogen) atoms. The van der Waals surface area contributed by atoms with Crippen LogP contribution in [-0.2, 0) is 24.9 Å². The van der Waals surface area contributed by atoms with E-state index in [1.165, 1.54) is 0 Å². The summed E-state index contributed by atoms with van der Waals surface area (Å²) in [5, 5.41) is 15.5. The summed E-state index contributed by atoms with van der Waals surface area (Å²) in [6.07, 6.45) is 1.03. The number of hydrogen-bond donors (Lipinski definition) is 1. The summed E-state index contributed by atoms with van der Waals surface area (Å²) in [7, 11) is 1.89. The highest BCUT2D eigenvalue weighted by molar-refractivity contribution is 5.65. The summed E-state index contributed by atoms with van der Waals surface area (Å²) in [6, 6.07) is 21.9. The molecule has 0 fully saturated rings. The van der Waals surface area contributed by atoms with Crippen LogP contribution >= 0.6 is 0 Å². The fourth-order valence-corrected chi connectivity index (χ4v) is 4.08. The van der Waals surface area contributed by atoms with Gasteiger partial charge in [0, 0.05) is 32.3 Å². The van der Waals surface area contributed by atoms with Crippen LogP contribution in [0.3, 0.4) is 0 Å². The Bertz CT molecular complexity index is 1190. The van der Waals surface area contributed by atoms with Crippen LogP contribution in [0.1, 0.15) is 23.8 Å². The van der Waals surface area contributed by atoms with Crippen molar-refractivity contribution in [2.75, 3.05) is 19.8 Å². The van der Waals surface area contributed by atoms with E-state index in [-0.39, 0.29) is 6.61 Å². The number of aliphatic hydroxyl groups excluding tert-OH is 1. The fourth-order valence-electron chi connectivity index (χ4n) is 4.08. The summed E-state index contributed by atoms with van der Waals surface area (Å²) < 4.78 is 19.2. The van der Waals surface area contributed by atoms with Crippen molar-refractivity contribution in [3.8, 4) is 22.9 Å². The Labute approximate surface area is 206 Å². The molecule has 0 bridgehead atoms. The van der Waals surface area contributed by atoms with Crippen molar-refractivity contribution >= 4 is 0 Å². The number of furan rings is 1. The van der Waals surface area contributed by atoms with Gasteiger partial charge in [-0.3, -0.25) is 4.90 Å². The lowest BCUT2D eigenvalue weighted by atomic mass is 10.1. The van der Waals surface area contributed by atoms with Gasteiger partial charge in [0.25, 0.3) is 0 Å². The summed E-state index contributed by atoms with van der Waals surface area (Å²) in [6.45, 7) is 6.24. The normalized spacial score (nSPS) is 12.3.